The number of pyridine rings is 1. The summed E-state index contributed by atoms with van der Waals surface area (Å²) < 4.78 is 19.7. The van der Waals surface area contributed by atoms with Crippen LogP contribution in [0.25, 0.3) is 11.2 Å². The Kier molecular flexibility index (Phi) is 2.80. The molecule has 1 aromatic carbocycles. The van der Waals surface area contributed by atoms with E-state index in [0.29, 0.717) is 16.8 Å². The molecular weight excluding hydrogens is 261 g/mol. The van der Waals surface area contributed by atoms with Crippen LogP contribution in [0.1, 0.15) is 11.1 Å². The number of hydrogen-bond acceptors (Lipinski definition) is 4. The largest absolute Gasteiger partial charge is 0.421 e. The van der Waals surface area contributed by atoms with Gasteiger partial charge in [0.25, 0.3) is 0 Å². The zero-order chi connectivity index (χ0) is 14.1. The summed E-state index contributed by atoms with van der Waals surface area (Å²) in [5.41, 5.74) is 1.46. The lowest BCUT2D eigenvalue weighted by Gasteiger charge is -2.03. The van der Waals surface area contributed by atoms with Crippen LogP contribution in [-0.4, -0.2) is 9.55 Å². The monoisotopic (exact) mass is 269 g/mol. The maximum atomic E-state index is 13.4. The van der Waals surface area contributed by atoms with Gasteiger partial charge < -0.3 is 4.42 Å². The average Bonchev–Trinajstić information content (AvgIpc) is 2.75. The molecule has 3 rings (SSSR count). The minimum Gasteiger partial charge on any atom is -0.406 e. The molecule has 2 aromatic heterocycles. The van der Waals surface area contributed by atoms with E-state index in [0.717, 1.165) is 6.07 Å². The van der Waals surface area contributed by atoms with Crippen LogP contribution in [0, 0.1) is 17.1 Å². The van der Waals surface area contributed by atoms with Gasteiger partial charge in [0.05, 0.1) is 18.2 Å². The number of benzene rings is 1. The first kappa shape index (κ1) is 12.1. The molecule has 6 heteroatoms. The average molecular weight is 269 g/mol. The molecule has 0 aliphatic rings. The number of fused-ring (bicyclic) bond motifs is 1. The van der Waals surface area contributed by atoms with Gasteiger partial charge in [0, 0.05) is 6.20 Å². The summed E-state index contributed by atoms with van der Waals surface area (Å²) in [6.45, 7) is 0.0925. The summed E-state index contributed by atoms with van der Waals surface area (Å²) in [4.78, 5) is 15.9. The molecule has 0 bridgehead atoms. The van der Waals surface area contributed by atoms with Crippen molar-refractivity contribution in [2.45, 2.75) is 6.54 Å². The van der Waals surface area contributed by atoms with Crippen LogP contribution in [-0.2, 0) is 6.54 Å². The van der Waals surface area contributed by atoms with Crippen LogP contribution >= 0.6 is 0 Å². The van der Waals surface area contributed by atoms with Gasteiger partial charge in [-0.25, -0.2) is 14.2 Å². The first-order valence-corrected chi connectivity index (χ1v) is 5.81. The molecule has 0 unspecified atom stereocenters. The Morgan fingerprint density at radius 2 is 2.25 bits per heavy atom. The van der Waals surface area contributed by atoms with Gasteiger partial charge in [-0.1, -0.05) is 0 Å². The Balaban J connectivity index is 2.10. The van der Waals surface area contributed by atoms with Crippen molar-refractivity contribution >= 4 is 11.2 Å². The molecule has 0 fully saturated rings. The molecule has 20 heavy (non-hydrogen) atoms. The fourth-order valence-corrected chi connectivity index (χ4v) is 2.03. The van der Waals surface area contributed by atoms with Crippen molar-refractivity contribution < 1.29 is 8.81 Å². The number of oxazole rings is 1. The third kappa shape index (κ3) is 2.06. The summed E-state index contributed by atoms with van der Waals surface area (Å²) in [5.74, 6) is -1.09. The first-order valence-electron chi connectivity index (χ1n) is 5.81. The van der Waals surface area contributed by atoms with Crippen molar-refractivity contribution in [1.82, 2.24) is 9.55 Å². The van der Waals surface area contributed by atoms with Gasteiger partial charge in [-0.15, -0.1) is 0 Å². The lowest BCUT2D eigenvalue weighted by Crippen LogP contribution is -2.15. The standard InChI is InChI=1S/C14H8FN3O2/c15-11-5-9(7-16)4-10(6-11)8-18-13-12(20-14(18)19)2-1-3-17-13/h1-6H,8H2. The van der Waals surface area contributed by atoms with E-state index < -0.39 is 11.6 Å². The highest BCUT2D eigenvalue weighted by Crippen LogP contribution is 2.13. The van der Waals surface area contributed by atoms with Crippen LogP contribution in [0.5, 0.6) is 0 Å². The highest BCUT2D eigenvalue weighted by molar-refractivity contribution is 5.67. The maximum absolute atomic E-state index is 13.4. The second kappa shape index (κ2) is 4.63. The number of nitriles is 1. The Morgan fingerprint density at radius 3 is 3.05 bits per heavy atom. The van der Waals surface area contributed by atoms with E-state index in [-0.39, 0.29) is 12.1 Å². The quantitative estimate of drug-likeness (QED) is 0.713. The molecule has 0 atom stereocenters. The molecule has 2 heterocycles. The number of nitrogens with zero attached hydrogens (tertiary/aromatic N) is 3. The van der Waals surface area contributed by atoms with Gasteiger partial charge in [-0.2, -0.15) is 5.26 Å². The van der Waals surface area contributed by atoms with Crippen molar-refractivity contribution in [3.05, 3.63) is 64.0 Å². The number of aromatic nitrogens is 2. The van der Waals surface area contributed by atoms with Gasteiger partial charge in [0.2, 0.25) is 0 Å². The summed E-state index contributed by atoms with van der Waals surface area (Å²) in [7, 11) is 0. The lowest BCUT2D eigenvalue weighted by molar-refractivity contribution is 0.517. The molecule has 0 radical (unpaired) electrons. The van der Waals surface area contributed by atoms with Crippen LogP contribution in [0.15, 0.2) is 45.7 Å². The molecule has 0 saturated heterocycles. The molecule has 0 aliphatic carbocycles. The topological polar surface area (TPSA) is 71.8 Å². The van der Waals surface area contributed by atoms with Gasteiger partial charge in [-0.05, 0) is 35.9 Å². The molecule has 0 saturated carbocycles. The van der Waals surface area contributed by atoms with Crippen molar-refractivity contribution in [2.75, 3.05) is 0 Å². The van der Waals surface area contributed by atoms with E-state index >= 15 is 0 Å². The van der Waals surface area contributed by atoms with E-state index in [1.165, 1.54) is 16.7 Å². The predicted molar refractivity (Wildman–Crippen MR) is 68.5 cm³/mol. The molecular formula is C14H8FN3O2. The summed E-state index contributed by atoms with van der Waals surface area (Å²) in [5, 5.41) is 8.82. The van der Waals surface area contributed by atoms with E-state index in [2.05, 4.69) is 4.98 Å². The minimum atomic E-state index is -0.568. The van der Waals surface area contributed by atoms with E-state index in [9.17, 15) is 9.18 Å². The van der Waals surface area contributed by atoms with E-state index in [1.807, 2.05) is 6.07 Å². The van der Waals surface area contributed by atoms with Gasteiger partial charge in [0.15, 0.2) is 11.2 Å². The second-order valence-corrected chi connectivity index (χ2v) is 4.24. The van der Waals surface area contributed by atoms with Crippen molar-refractivity contribution in [1.29, 1.82) is 5.26 Å². The fraction of sp³-hybridized carbons (Fsp3) is 0.0714. The number of hydrogen-bond donors (Lipinski definition) is 0. The Labute approximate surface area is 112 Å². The van der Waals surface area contributed by atoms with Crippen LogP contribution in [0.2, 0.25) is 0 Å². The lowest BCUT2D eigenvalue weighted by atomic mass is 10.1. The number of halogens is 1. The SMILES string of the molecule is N#Cc1cc(F)cc(Cn2c(=O)oc3cccnc32)c1. The number of rotatable bonds is 2. The van der Waals surface area contributed by atoms with Gasteiger partial charge >= 0.3 is 5.76 Å². The van der Waals surface area contributed by atoms with Crippen LogP contribution < -0.4 is 5.76 Å². The normalized spacial score (nSPS) is 10.6. The third-order valence-electron chi connectivity index (χ3n) is 2.85. The third-order valence-corrected chi connectivity index (χ3v) is 2.85. The highest BCUT2D eigenvalue weighted by Gasteiger charge is 2.11. The molecule has 98 valence electrons. The molecule has 0 spiro atoms. The molecule has 5 nitrogen and oxygen atoms in total. The second-order valence-electron chi connectivity index (χ2n) is 4.24. The Hall–Kier alpha value is -2.94. The smallest absolute Gasteiger partial charge is 0.406 e. The highest BCUT2D eigenvalue weighted by atomic mass is 19.1. The molecule has 0 aliphatic heterocycles. The molecule has 3 aromatic rings. The van der Waals surface area contributed by atoms with E-state index in [1.54, 1.807) is 18.3 Å². The van der Waals surface area contributed by atoms with Crippen molar-refractivity contribution in [3.8, 4) is 6.07 Å². The first-order chi connectivity index (χ1) is 9.67. The van der Waals surface area contributed by atoms with Gasteiger partial charge in [0.1, 0.15) is 5.82 Å². The van der Waals surface area contributed by atoms with Crippen molar-refractivity contribution in [3.63, 3.8) is 0 Å². The van der Waals surface area contributed by atoms with Crippen LogP contribution in [0.4, 0.5) is 4.39 Å². The molecule has 0 N–H and O–H groups in total. The Bertz CT molecular complexity index is 889. The van der Waals surface area contributed by atoms with Gasteiger partial charge in [-0.3, -0.25) is 4.57 Å². The zero-order valence-corrected chi connectivity index (χ0v) is 10.2. The predicted octanol–water partition coefficient (Wildman–Crippen LogP) is 2.05. The summed E-state index contributed by atoms with van der Waals surface area (Å²) in [6, 6.07) is 9.10. The maximum Gasteiger partial charge on any atom is 0.421 e. The summed E-state index contributed by atoms with van der Waals surface area (Å²) >= 11 is 0. The van der Waals surface area contributed by atoms with Crippen LogP contribution in [0.3, 0.4) is 0 Å². The fourth-order valence-electron chi connectivity index (χ4n) is 2.03. The summed E-state index contributed by atoms with van der Waals surface area (Å²) in [6.07, 6.45) is 1.54. The van der Waals surface area contributed by atoms with Crippen molar-refractivity contribution in [2.24, 2.45) is 0 Å². The van der Waals surface area contributed by atoms with E-state index in [4.69, 9.17) is 9.68 Å². The zero-order valence-electron chi connectivity index (χ0n) is 10.2. The molecule has 0 amide bonds. The Morgan fingerprint density at radius 1 is 1.40 bits per heavy atom. The minimum absolute atomic E-state index is 0.0925.